The van der Waals surface area contributed by atoms with Crippen LogP contribution in [-0.2, 0) is 6.54 Å². The van der Waals surface area contributed by atoms with Crippen molar-refractivity contribution in [2.75, 3.05) is 5.32 Å². The van der Waals surface area contributed by atoms with Gasteiger partial charge in [-0.3, -0.25) is 9.78 Å². The number of primary amides is 1. The second-order valence-corrected chi connectivity index (χ2v) is 5.85. The number of nitrogens with one attached hydrogen (secondary N) is 1. The fraction of sp³-hybridized carbons (Fsp3) is 0.0556. The number of amides is 1. The van der Waals surface area contributed by atoms with E-state index in [0.717, 1.165) is 6.07 Å². The topological polar surface area (TPSA) is 80.9 Å². The molecule has 2 aromatic heterocycles. The first kappa shape index (κ1) is 17.8. The highest BCUT2D eigenvalue weighted by Gasteiger charge is 2.15. The van der Waals surface area contributed by atoms with E-state index in [9.17, 15) is 13.6 Å². The van der Waals surface area contributed by atoms with Gasteiger partial charge in [0.2, 0.25) is 0 Å². The van der Waals surface area contributed by atoms with Gasteiger partial charge in [-0.05, 0) is 35.9 Å². The molecule has 0 fully saturated rings. The maximum Gasteiger partial charge on any atom is 0.250 e. The van der Waals surface area contributed by atoms with Gasteiger partial charge < -0.3 is 11.1 Å². The van der Waals surface area contributed by atoms with Crippen molar-refractivity contribution in [1.82, 2.24) is 9.97 Å². The number of hydrogen-bond donors (Lipinski definition) is 2. The summed E-state index contributed by atoms with van der Waals surface area (Å²) < 4.78 is 26.5. The minimum Gasteiger partial charge on any atom is -0.366 e. The smallest absolute Gasteiger partial charge is 0.250 e. The molecule has 5 nitrogen and oxygen atoms in total. The molecule has 0 unspecified atom stereocenters. The second kappa shape index (κ2) is 7.45. The van der Waals surface area contributed by atoms with Gasteiger partial charge in [-0.2, -0.15) is 0 Å². The zero-order valence-electron chi connectivity index (χ0n) is 13.3. The molecular formula is C18H13ClF2N4O. The van der Waals surface area contributed by atoms with Gasteiger partial charge in [0, 0.05) is 30.6 Å². The Labute approximate surface area is 152 Å². The Morgan fingerprint density at radius 2 is 1.88 bits per heavy atom. The highest BCUT2D eigenvalue weighted by atomic mass is 35.5. The SMILES string of the molecule is NC(=O)c1ccc(NCc2cc(F)cc(F)c2)nc1-c1ccncc1Cl. The van der Waals surface area contributed by atoms with Crippen LogP contribution in [0.1, 0.15) is 15.9 Å². The van der Waals surface area contributed by atoms with Crippen molar-refractivity contribution in [3.63, 3.8) is 0 Å². The van der Waals surface area contributed by atoms with Gasteiger partial charge in [0.1, 0.15) is 17.5 Å². The van der Waals surface area contributed by atoms with E-state index in [1.165, 1.54) is 30.6 Å². The predicted octanol–water partition coefficient (Wildman–Crippen LogP) is 3.79. The van der Waals surface area contributed by atoms with Gasteiger partial charge in [0.25, 0.3) is 5.91 Å². The van der Waals surface area contributed by atoms with E-state index in [2.05, 4.69) is 15.3 Å². The minimum absolute atomic E-state index is 0.140. The Morgan fingerprint density at radius 3 is 2.54 bits per heavy atom. The van der Waals surface area contributed by atoms with E-state index in [1.54, 1.807) is 12.1 Å². The molecule has 0 bridgehead atoms. The fourth-order valence-electron chi connectivity index (χ4n) is 2.43. The summed E-state index contributed by atoms with van der Waals surface area (Å²) in [5.41, 5.74) is 6.80. The summed E-state index contributed by atoms with van der Waals surface area (Å²) >= 11 is 6.14. The van der Waals surface area contributed by atoms with Crippen LogP contribution in [0.2, 0.25) is 5.02 Å². The Kier molecular flexibility index (Phi) is 5.09. The Bertz CT molecular complexity index is 961. The molecule has 0 aliphatic carbocycles. The molecule has 0 spiro atoms. The maximum atomic E-state index is 13.3. The first-order chi connectivity index (χ1) is 12.4. The zero-order chi connectivity index (χ0) is 18.7. The number of benzene rings is 1. The third-order valence-corrected chi connectivity index (χ3v) is 3.89. The third kappa shape index (κ3) is 3.94. The molecular weight excluding hydrogens is 362 g/mol. The molecule has 0 saturated carbocycles. The average Bonchev–Trinajstić information content (AvgIpc) is 2.59. The largest absolute Gasteiger partial charge is 0.366 e. The van der Waals surface area contributed by atoms with Gasteiger partial charge in [-0.15, -0.1) is 0 Å². The second-order valence-electron chi connectivity index (χ2n) is 5.44. The summed E-state index contributed by atoms with van der Waals surface area (Å²) in [5, 5.41) is 3.27. The number of hydrogen-bond acceptors (Lipinski definition) is 4. The molecule has 1 aromatic carbocycles. The monoisotopic (exact) mass is 374 g/mol. The normalized spacial score (nSPS) is 10.6. The molecule has 26 heavy (non-hydrogen) atoms. The molecule has 0 radical (unpaired) electrons. The van der Waals surface area contributed by atoms with Gasteiger partial charge in [0.05, 0.1) is 16.3 Å². The first-order valence-electron chi connectivity index (χ1n) is 7.53. The summed E-state index contributed by atoms with van der Waals surface area (Å²) in [4.78, 5) is 20.0. The highest BCUT2D eigenvalue weighted by molar-refractivity contribution is 6.33. The van der Waals surface area contributed by atoms with Crippen LogP contribution < -0.4 is 11.1 Å². The Balaban J connectivity index is 1.93. The quantitative estimate of drug-likeness (QED) is 0.712. The molecule has 2 heterocycles. The summed E-state index contributed by atoms with van der Waals surface area (Å²) in [6, 6.07) is 7.91. The number of carbonyl (C=O) groups excluding carboxylic acids is 1. The molecule has 0 aliphatic heterocycles. The molecule has 3 rings (SSSR count). The summed E-state index contributed by atoms with van der Waals surface area (Å²) in [6.45, 7) is 0.140. The number of rotatable bonds is 5. The lowest BCUT2D eigenvalue weighted by Crippen LogP contribution is -2.14. The highest BCUT2D eigenvalue weighted by Crippen LogP contribution is 2.29. The molecule has 0 atom stereocenters. The van der Waals surface area contributed by atoms with Crippen LogP contribution in [0.15, 0.2) is 48.8 Å². The molecule has 0 aliphatic rings. The van der Waals surface area contributed by atoms with Crippen LogP contribution in [-0.4, -0.2) is 15.9 Å². The van der Waals surface area contributed by atoms with Crippen LogP contribution in [0.4, 0.5) is 14.6 Å². The van der Waals surface area contributed by atoms with Crippen LogP contribution >= 0.6 is 11.6 Å². The first-order valence-corrected chi connectivity index (χ1v) is 7.91. The Morgan fingerprint density at radius 1 is 1.15 bits per heavy atom. The third-order valence-electron chi connectivity index (χ3n) is 3.58. The number of nitrogens with two attached hydrogens (primary N) is 1. The van der Waals surface area contributed by atoms with Crippen LogP contribution in [0.5, 0.6) is 0 Å². The zero-order valence-corrected chi connectivity index (χ0v) is 14.1. The lowest BCUT2D eigenvalue weighted by molar-refractivity contribution is 0.100. The fourth-order valence-corrected chi connectivity index (χ4v) is 2.64. The lowest BCUT2D eigenvalue weighted by Gasteiger charge is -2.12. The molecule has 3 aromatic rings. The summed E-state index contributed by atoms with van der Waals surface area (Å²) in [7, 11) is 0. The summed E-state index contributed by atoms with van der Waals surface area (Å²) in [6.07, 6.45) is 2.95. The van der Waals surface area contributed by atoms with Crippen molar-refractivity contribution in [2.45, 2.75) is 6.54 Å². The lowest BCUT2D eigenvalue weighted by atomic mass is 10.1. The van der Waals surface area contributed by atoms with Crippen LogP contribution in [0.25, 0.3) is 11.3 Å². The van der Waals surface area contributed by atoms with Crippen LogP contribution in [0.3, 0.4) is 0 Å². The number of anilines is 1. The van der Waals surface area contributed by atoms with E-state index >= 15 is 0 Å². The number of pyridine rings is 2. The van der Waals surface area contributed by atoms with E-state index < -0.39 is 17.5 Å². The van der Waals surface area contributed by atoms with Crippen molar-refractivity contribution >= 4 is 23.3 Å². The van der Waals surface area contributed by atoms with Gasteiger partial charge in [-0.1, -0.05) is 11.6 Å². The van der Waals surface area contributed by atoms with Gasteiger partial charge in [-0.25, -0.2) is 13.8 Å². The van der Waals surface area contributed by atoms with Crippen molar-refractivity contribution in [1.29, 1.82) is 0 Å². The van der Waals surface area contributed by atoms with Crippen molar-refractivity contribution in [3.8, 4) is 11.3 Å². The average molecular weight is 375 g/mol. The van der Waals surface area contributed by atoms with Gasteiger partial charge in [0.15, 0.2) is 0 Å². The minimum atomic E-state index is -0.664. The van der Waals surface area contributed by atoms with Crippen LogP contribution in [0, 0.1) is 11.6 Å². The van der Waals surface area contributed by atoms with E-state index in [-0.39, 0.29) is 12.1 Å². The predicted molar refractivity (Wildman–Crippen MR) is 94.7 cm³/mol. The molecule has 132 valence electrons. The number of carbonyl (C=O) groups is 1. The molecule has 3 N–H and O–H groups in total. The van der Waals surface area contributed by atoms with Crippen molar-refractivity contribution in [2.24, 2.45) is 5.73 Å². The summed E-state index contributed by atoms with van der Waals surface area (Å²) in [5.74, 6) is -1.59. The number of halogens is 3. The van der Waals surface area contributed by atoms with Crippen molar-refractivity contribution in [3.05, 3.63) is 76.6 Å². The maximum absolute atomic E-state index is 13.3. The number of nitrogens with zero attached hydrogens (tertiary/aromatic N) is 2. The Hall–Kier alpha value is -3.06. The molecule has 8 heteroatoms. The van der Waals surface area contributed by atoms with Gasteiger partial charge >= 0.3 is 0 Å². The van der Waals surface area contributed by atoms with E-state index in [1.807, 2.05) is 0 Å². The van der Waals surface area contributed by atoms with E-state index in [4.69, 9.17) is 17.3 Å². The molecule has 1 amide bonds. The number of aromatic nitrogens is 2. The standard InChI is InChI=1S/C18H13ClF2N4O/c19-15-9-23-4-3-13(15)17-14(18(22)26)1-2-16(25-17)24-8-10-5-11(20)7-12(21)6-10/h1-7,9H,8H2,(H2,22,26)(H,24,25). The van der Waals surface area contributed by atoms with Crippen molar-refractivity contribution < 1.29 is 13.6 Å². The molecule has 0 saturated heterocycles. The van der Waals surface area contributed by atoms with E-state index in [0.29, 0.717) is 27.7 Å².